The van der Waals surface area contributed by atoms with E-state index in [1.165, 1.54) is 84.4 Å². The molecule has 10 heterocycles. The van der Waals surface area contributed by atoms with E-state index >= 15 is 0 Å². The lowest BCUT2D eigenvalue weighted by Gasteiger charge is -2.06. The van der Waals surface area contributed by atoms with Gasteiger partial charge in [-0.15, -0.1) is 5.92 Å². The number of carbonyl (C=O) groups is 1. The van der Waals surface area contributed by atoms with Crippen LogP contribution in [-0.4, -0.2) is 104 Å². The highest BCUT2D eigenvalue weighted by Gasteiger charge is 2.19. The molecular weight excluding hydrogens is 1740 g/mol. The lowest BCUT2D eigenvalue weighted by Crippen LogP contribution is -2.13. The molecule has 15 aromatic rings. The van der Waals surface area contributed by atoms with Crippen molar-refractivity contribution in [3.05, 3.63) is 198 Å². The first-order valence-electron chi connectivity index (χ1n) is 39.0. The molecule has 0 aliphatic carbocycles. The molecule has 15 rings (SSSR count). The third-order valence-corrected chi connectivity index (χ3v) is 23.6. The highest BCUT2D eigenvalue weighted by Crippen LogP contribution is 2.36. The molecule has 0 unspecified atom stereocenters. The van der Waals surface area contributed by atoms with Crippen molar-refractivity contribution in [2.24, 2.45) is 5.73 Å². The number of H-pyrrole nitrogens is 4. The fraction of sp³-hybridized carbons (Fsp3) is 0.298. The number of nitrogens with one attached hydrogen (secondary N) is 8. The van der Waals surface area contributed by atoms with Gasteiger partial charge in [-0.1, -0.05) is 169 Å². The van der Waals surface area contributed by atoms with E-state index in [2.05, 4.69) is 120 Å². The van der Waals surface area contributed by atoms with Crippen LogP contribution in [0.3, 0.4) is 0 Å². The summed E-state index contributed by atoms with van der Waals surface area (Å²) in [5, 5.41) is 47.8. The Labute approximate surface area is 749 Å². The lowest BCUT2D eigenvalue weighted by atomic mass is 10.2. The minimum absolute atomic E-state index is 0.156. The van der Waals surface area contributed by atoms with E-state index in [0.717, 1.165) is 137 Å². The molecule has 0 fully saturated rings. The molecule has 0 atom stereocenters. The van der Waals surface area contributed by atoms with Gasteiger partial charge < -0.3 is 49.7 Å². The Kier molecular flexibility index (Phi) is 33.7. The second-order valence-electron chi connectivity index (χ2n) is 28.2. The third kappa shape index (κ3) is 26.1. The van der Waals surface area contributed by atoms with Crippen LogP contribution < -0.4 is 33.4 Å². The van der Waals surface area contributed by atoms with Crippen LogP contribution in [-0.2, 0) is 37.5 Å². The number of hydrogen-bond acceptors (Lipinski definition) is 23. The smallest absolute Gasteiger partial charge is 0.217 e. The molecule has 0 aliphatic rings. The van der Waals surface area contributed by atoms with Gasteiger partial charge in [0, 0.05) is 88.6 Å². The van der Waals surface area contributed by atoms with E-state index in [1.807, 2.05) is 130 Å². The maximum absolute atomic E-state index is 10.8. The molecule has 0 aliphatic heterocycles. The van der Waals surface area contributed by atoms with Crippen molar-refractivity contribution >= 4 is 184 Å². The number of rotatable bonds is 28. The number of anilines is 1. The number of hydrogen-bond donors (Lipinski definition) is 10. The van der Waals surface area contributed by atoms with E-state index in [9.17, 15) is 4.79 Å². The first-order valence-corrected chi connectivity index (χ1v) is 44.9. The zero-order valence-corrected chi connectivity index (χ0v) is 76.0. The number of fused-ring (bicyclic) bond motifs is 5. The maximum atomic E-state index is 10.8. The van der Waals surface area contributed by atoms with Crippen LogP contribution in [0, 0.1) is 79.4 Å². The number of imidazole rings is 5. The number of carbonyl (C=O) groups excluding carboxylic acids is 1. The number of amides is 1. The average Bonchev–Trinajstić information content (AvgIpc) is 1.60. The first-order chi connectivity index (χ1) is 58.7. The summed E-state index contributed by atoms with van der Waals surface area (Å²) < 4.78 is 9.77. The van der Waals surface area contributed by atoms with Gasteiger partial charge in [-0.05, 0) is 192 Å². The van der Waals surface area contributed by atoms with Gasteiger partial charge in [0.15, 0.2) is 87.3 Å². The Hall–Kier alpha value is -10.4. The molecule has 0 spiro atoms. The molecule has 0 saturated heterocycles. The molecule has 28 nitrogen and oxygen atoms in total. The first kappa shape index (κ1) is 92.3. The summed E-state index contributed by atoms with van der Waals surface area (Å²) in [6, 6.07) is 31.5. The lowest BCUT2D eigenvalue weighted by molar-refractivity contribution is -0.118. The predicted octanol–water partition coefficient (Wildman–Crippen LogP) is 19.7. The van der Waals surface area contributed by atoms with E-state index < -0.39 is 0 Å². The predicted molar refractivity (Wildman–Crippen MR) is 487 cm³/mol. The van der Waals surface area contributed by atoms with Crippen molar-refractivity contribution in [2.45, 2.75) is 215 Å². The molecule has 1 amide bonds. The molecule has 632 valence electrons. The third-order valence-electron chi connectivity index (χ3n) is 18.1. The monoisotopic (exact) mass is 1830 g/mol. The van der Waals surface area contributed by atoms with E-state index in [0.29, 0.717) is 118 Å². The number of nitriles is 1. The highest BCUT2D eigenvalue weighted by atomic mass is 35.5. The Morgan fingerprint density at radius 2 is 0.770 bits per heavy atom. The number of aromatic nitrogens is 20. The molecule has 10 aromatic heterocycles. The highest BCUT2D eigenvalue weighted by molar-refractivity contribution is 8.00. The minimum atomic E-state index is -0.268. The number of benzene rings is 5. The molecule has 5 aromatic carbocycles. The van der Waals surface area contributed by atoms with E-state index in [4.69, 9.17) is 101 Å². The van der Waals surface area contributed by atoms with Gasteiger partial charge in [0.2, 0.25) is 5.91 Å². The number of nitrogens with zero attached hydrogens (tertiary/aromatic N) is 17. The van der Waals surface area contributed by atoms with Gasteiger partial charge in [-0.2, -0.15) is 5.26 Å². The van der Waals surface area contributed by atoms with E-state index in [1.54, 1.807) is 32.2 Å². The molecule has 38 heteroatoms. The molecule has 0 saturated carbocycles. The fourth-order valence-corrected chi connectivity index (χ4v) is 19.1. The summed E-state index contributed by atoms with van der Waals surface area (Å²) in [4.78, 5) is 76.6. The van der Waals surface area contributed by atoms with Crippen LogP contribution in [0.1, 0.15) is 126 Å². The number of aryl methyl sites for hydroxylation is 9. The van der Waals surface area contributed by atoms with Crippen molar-refractivity contribution in [3.8, 4) is 17.9 Å². The molecule has 122 heavy (non-hydrogen) atoms. The number of primary amides is 1. The Morgan fingerprint density at radius 3 is 1.10 bits per heavy atom. The normalized spacial score (nSPS) is 11.0. The van der Waals surface area contributed by atoms with Crippen molar-refractivity contribution in [1.29, 1.82) is 26.9 Å². The van der Waals surface area contributed by atoms with Gasteiger partial charge in [0.25, 0.3) is 0 Å². The minimum Gasteiger partial charge on any atom is -0.382 e. The Bertz CT molecular complexity index is 6510. The topological polar surface area (TPSA) is 418 Å². The molecule has 0 radical (unpaired) electrons. The van der Waals surface area contributed by atoms with Crippen molar-refractivity contribution in [1.82, 2.24) is 97.6 Å². The van der Waals surface area contributed by atoms with Gasteiger partial charge in [-0.25, -0.2) is 54.8 Å². The average molecular weight is 1830 g/mol. The summed E-state index contributed by atoms with van der Waals surface area (Å²) in [7, 11) is 0. The quantitative estimate of drug-likeness (QED) is 0.0161. The summed E-state index contributed by atoms with van der Waals surface area (Å²) in [6.07, 6.45) is 19.1. The summed E-state index contributed by atoms with van der Waals surface area (Å²) in [5.41, 5.74) is 24.1. The van der Waals surface area contributed by atoms with Crippen LogP contribution in [0.2, 0.25) is 25.1 Å². The van der Waals surface area contributed by atoms with Gasteiger partial charge in [0.1, 0.15) is 28.4 Å². The summed E-state index contributed by atoms with van der Waals surface area (Å²) >= 11 is 38.1. The Balaban J connectivity index is 0.000000149. The fourth-order valence-electron chi connectivity index (χ4n) is 12.5. The van der Waals surface area contributed by atoms with Crippen LogP contribution in [0.4, 0.5) is 5.82 Å². The van der Waals surface area contributed by atoms with Crippen molar-refractivity contribution in [3.63, 3.8) is 0 Å². The van der Waals surface area contributed by atoms with Crippen LogP contribution >= 0.6 is 117 Å². The largest absolute Gasteiger partial charge is 0.382 e. The van der Waals surface area contributed by atoms with Crippen LogP contribution in [0.15, 0.2) is 173 Å². The van der Waals surface area contributed by atoms with Crippen molar-refractivity contribution in [2.75, 3.05) is 5.73 Å². The van der Waals surface area contributed by atoms with Crippen LogP contribution in [0.5, 0.6) is 0 Å². The van der Waals surface area contributed by atoms with Gasteiger partial charge in [-0.3, -0.25) is 31.0 Å². The number of nitrogens with two attached hydrogens (primary N) is 2. The zero-order valence-electron chi connectivity index (χ0n) is 68.2. The van der Waals surface area contributed by atoms with Gasteiger partial charge >= 0.3 is 0 Å². The number of halogens is 5. The molecule has 12 N–H and O–H groups in total. The molecular formula is C84H90Cl5N27OS5. The number of unbranched alkanes of at least 4 members (excludes halogenated alkanes) is 7. The summed E-state index contributed by atoms with van der Waals surface area (Å²) in [5.74, 6) is 6.03. The molecule has 0 bridgehead atoms. The standard InChI is InChI=1S/C18H21ClN6OS.C18H22ClN5S.C16H15ClN6S.C16H18ClN5S.C16H14ClN5S/c1-11-7-12(19)9-13(8-11)27-18-23-15-16(21)22-10-25(17(15)24-18)6-4-2-3-5-14(20)26;1-3-4-5-6-7-24-11-21-16(20)15-17(24)23-18(22-15)25-14-9-12(2)8-13(19)10-14;1-10-6-11(17)8-12(7-10)24-16-21-13-14(19)20-9-23(15(13)22-16)5-3-2-4-18;1-3-4-5-22-9-19-14(18)13-15(22)21-16(20-13)23-12-7-10(2)6-11(17)8-12;1-3-4-5-22-15-13(14(18)19-9-20-15)21-16(22)23-12-7-10(2)6-11(17)8-12/h7-10,21H,2-6H2,1H3,(H2,20,26)(H,23,24);8-11,20H,3-7H2,1-2H3,(H,22,23);6-9,19H,2-3,5H2,1H3,(H,21,22);6-9,18H,3-5H2,1-2H3,(H,20,21);6-9H,5H2,1-2H3,(H2,18,19,20). The Morgan fingerprint density at radius 1 is 0.434 bits per heavy atom. The van der Waals surface area contributed by atoms with Crippen LogP contribution in [0.25, 0.3) is 55.8 Å². The van der Waals surface area contributed by atoms with Gasteiger partial charge in [0.05, 0.1) is 37.9 Å². The maximum Gasteiger partial charge on any atom is 0.217 e. The van der Waals surface area contributed by atoms with Crippen molar-refractivity contribution < 1.29 is 4.79 Å². The number of nitrogen functional groups attached to an aromatic ring is 1. The summed E-state index contributed by atoms with van der Waals surface area (Å²) in [6.45, 7) is 19.7. The van der Waals surface area contributed by atoms with E-state index in [-0.39, 0.29) is 27.9 Å². The number of aromatic amines is 4. The second kappa shape index (κ2) is 44.6. The second-order valence-corrected chi connectivity index (χ2v) is 35.7. The SMILES string of the molecule is CC#CCn1c(Sc2cc(C)cc(Cl)c2)nc2c(N)ncnc21.CCCCCCn1cnc(=N)c2[nH]c(Sc3cc(C)cc(Cl)c3)nc21.CCCCn1cnc(=N)c2[nH]c(Sc3cc(C)cc(Cl)c3)nc21.Cc1cc(Cl)cc(Sc2nc3c([nH]2)c(=N)ncn3CCCC#N)c1.Cc1cc(Cl)cc(Sc2nc3c([nH]2)c(=N)ncn3CCCCCC(N)=O)c1. The zero-order chi connectivity index (χ0) is 87.1.